The highest BCUT2D eigenvalue weighted by Gasteiger charge is 2.47. The van der Waals surface area contributed by atoms with Crippen LogP contribution in [0, 0.1) is 11.3 Å². The monoisotopic (exact) mass is 147 g/mol. The maximum Gasteiger partial charge on any atom is 0.00228 e. The summed E-state index contributed by atoms with van der Waals surface area (Å²) in [6, 6.07) is 0. The van der Waals surface area contributed by atoms with Gasteiger partial charge < -0.3 is 5.32 Å². The molecular weight excluding hydrogens is 134 g/mol. The second kappa shape index (κ2) is 2.14. The highest BCUT2D eigenvalue weighted by Crippen LogP contribution is 2.48. The van der Waals surface area contributed by atoms with E-state index in [9.17, 15) is 0 Å². The van der Waals surface area contributed by atoms with E-state index in [0.29, 0.717) is 0 Å². The fraction of sp³-hybridized carbons (Fsp3) is 1.00. The minimum absolute atomic E-state index is 0. The van der Waals surface area contributed by atoms with Gasteiger partial charge in [-0.15, -0.1) is 12.4 Å². The second-order valence-electron chi connectivity index (χ2n) is 3.41. The van der Waals surface area contributed by atoms with Gasteiger partial charge in [-0.2, -0.15) is 0 Å². The van der Waals surface area contributed by atoms with Crippen molar-refractivity contribution in [3.05, 3.63) is 0 Å². The van der Waals surface area contributed by atoms with Crippen molar-refractivity contribution >= 4 is 12.4 Å². The van der Waals surface area contributed by atoms with Gasteiger partial charge in [-0.05, 0) is 24.2 Å². The topological polar surface area (TPSA) is 12.0 Å². The highest BCUT2D eigenvalue weighted by atomic mass is 35.5. The van der Waals surface area contributed by atoms with Crippen molar-refractivity contribution in [2.24, 2.45) is 11.3 Å². The number of rotatable bonds is 0. The summed E-state index contributed by atoms with van der Waals surface area (Å²) in [4.78, 5) is 0. The maximum atomic E-state index is 3.33. The van der Waals surface area contributed by atoms with Crippen LogP contribution in [0.15, 0.2) is 0 Å². The van der Waals surface area contributed by atoms with Crippen LogP contribution in [0.25, 0.3) is 0 Å². The number of hydrogen-bond acceptors (Lipinski definition) is 1. The van der Waals surface area contributed by atoms with Crippen LogP contribution in [0.5, 0.6) is 0 Å². The van der Waals surface area contributed by atoms with E-state index in [-0.39, 0.29) is 12.4 Å². The van der Waals surface area contributed by atoms with Gasteiger partial charge in [0, 0.05) is 13.1 Å². The first-order valence-corrected chi connectivity index (χ1v) is 3.54. The average molecular weight is 148 g/mol. The molecule has 0 aromatic heterocycles. The zero-order chi connectivity index (χ0) is 5.61. The molecule has 0 radical (unpaired) electrons. The molecule has 1 unspecified atom stereocenters. The van der Waals surface area contributed by atoms with Crippen LogP contribution in [0.3, 0.4) is 0 Å². The Morgan fingerprint density at radius 1 is 1.44 bits per heavy atom. The van der Waals surface area contributed by atoms with Gasteiger partial charge in [0.05, 0.1) is 0 Å². The van der Waals surface area contributed by atoms with Crippen LogP contribution in [0.1, 0.15) is 19.8 Å². The summed E-state index contributed by atoms with van der Waals surface area (Å²) >= 11 is 0. The summed E-state index contributed by atoms with van der Waals surface area (Å²) in [5, 5.41) is 3.33. The standard InChI is InChI=1S/C7H13N.ClH/c1-6-2-3-7(6)4-8-5-7;/h6,8H,2-5H2,1H3;1H. The summed E-state index contributed by atoms with van der Waals surface area (Å²) in [6.07, 6.45) is 2.96. The lowest BCUT2D eigenvalue weighted by Gasteiger charge is -2.55. The molecule has 0 bridgehead atoms. The molecule has 1 saturated carbocycles. The van der Waals surface area contributed by atoms with E-state index >= 15 is 0 Å². The van der Waals surface area contributed by atoms with Crippen LogP contribution >= 0.6 is 12.4 Å². The van der Waals surface area contributed by atoms with Crippen LogP contribution in [0.4, 0.5) is 0 Å². The Hall–Kier alpha value is 0.250. The van der Waals surface area contributed by atoms with Gasteiger partial charge in [0.25, 0.3) is 0 Å². The zero-order valence-corrected chi connectivity index (χ0v) is 6.63. The van der Waals surface area contributed by atoms with E-state index in [2.05, 4.69) is 12.2 Å². The lowest BCUT2D eigenvalue weighted by atomic mass is 9.57. The predicted octanol–water partition coefficient (Wildman–Crippen LogP) is 1.43. The molecule has 2 fully saturated rings. The average Bonchev–Trinajstić information content (AvgIpc) is 1.58. The SMILES string of the molecule is CC1CCC12CNC2.Cl. The van der Waals surface area contributed by atoms with Crippen molar-refractivity contribution in [2.75, 3.05) is 13.1 Å². The third-order valence-corrected chi connectivity index (χ3v) is 3.07. The molecule has 2 rings (SSSR count). The van der Waals surface area contributed by atoms with Crippen molar-refractivity contribution in [1.82, 2.24) is 5.32 Å². The van der Waals surface area contributed by atoms with Gasteiger partial charge in [-0.3, -0.25) is 0 Å². The normalized spacial score (nSPS) is 36.3. The van der Waals surface area contributed by atoms with E-state index in [1.165, 1.54) is 25.9 Å². The van der Waals surface area contributed by atoms with E-state index in [4.69, 9.17) is 0 Å². The molecule has 0 aromatic carbocycles. The summed E-state index contributed by atoms with van der Waals surface area (Å²) in [7, 11) is 0. The van der Waals surface area contributed by atoms with Gasteiger partial charge in [0.15, 0.2) is 0 Å². The second-order valence-corrected chi connectivity index (χ2v) is 3.41. The third-order valence-electron chi connectivity index (χ3n) is 3.07. The Bertz CT molecular complexity index is 104. The van der Waals surface area contributed by atoms with Crippen molar-refractivity contribution in [3.63, 3.8) is 0 Å². The molecule has 1 aliphatic carbocycles. The van der Waals surface area contributed by atoms with Gasteiger partial charge in [0.2, 0.25) is 0 Å². The summed E-state index contributed by atoms with van der Waals surface area (Å²) in [5.74, 6) is 1.02. The molecule has 54 valence electrons. The quantitative estimate of drug-likeness (QED) is 0.547. The van der Waals surface area contributed by atoms with E-state index < -0.39 is 0 Å². The highest BCUT2D eigenvalue weighted by molar-refractivity contribution is 5.85. The van der Waals surface area contributed by atoms with Crippen LogP contribution in [-0.2, 0) is 0 Å². The first-order chi connectivity index (χ1) is 3.83. The predicted molar refractivity (Wildman–Crippen MR) is 40.9 cm³/mol. The van der Waals surface area contributed by atoms with E-state index in [1.807, 2.05) is 0 Å². The molecule has 1 atom stereocenters. The molecule has 0 aromatic rings. The smallest absolute Gasteiger partial charge is 0.00228 e. The summed E-state index contributed by atoms with van der Waals surface area (Å²) < 4.78 is 0. The maximum absolute atomic E-state index is 3.33. The Morgan fingerprint density at radius 2 is 2.11 bits per heavy atom. The van der Waals surface area contributed by atoms with Crippen molar-refractivity contribution in [1.29, 1.82) is 0 Å². The molecule has 1 spiro atoms. The van der Waals surface area contributed by atoms with Crippen LogP contribution in [-0.4, -0.2) is 13.1 Å². The molecule has 2 aliphatic rings. The Labute approximate surface area is 62.6 Å². The lowest BCUT2D eigenvalue weighted by Crippen LogP contribution is -2.61. The van der Waals surface area contributed by atoms with Gasteiger partial charge >= 0.3 is 0 Å². The molecule has 0 amide bonds. The van der Waals surface area contributed by atoms with Gasteiger partial charge in [-0.25, -0.2) is 0 Å². The fourth-order valence-electron chi connectivity index (χ4n) is 1.81. The number of hydrogen-bond donors (Lipinski definition) is 1. The first kappa shape index (κ1) is 7.36. The third kappa shape index (κ3) is 0.786. The molecule has 9 heavy (non-hydrogen) atoms. The number of halogens is 1. The first-order valence-electron chi connectivity index (χ1n) is 3.54. The summed E-state index contributed by atoms with van der Waals surface area (Å²) in [5.41, 5.74) is 0.792. The minimum atomic E-state index is 0. The molecule has 1 nitrogen and oxygen atoms in total. The number of nitrogens with one attached hydrogen (secondary N) is 1. The van der Waals surface area contributed by atoms with E-state index in [0.717, 1.165) is 11.3 Å². The Morgan fingerprint density at radius 3 is 2.11 bits per heavy atom. The van der Waals surface area contributed by atoms with Crippen LogP contribution in [0.2, 0.25) is 0 Å². The zero-order valence-electron chi connectivity index (χ0n) is 5.81. The fourth-order valence-corrected chi connectivity index (χ4v) is 1.81. The van der Waals surface area contributed by atoms with Gasteiger partial charge in [-0.1, -0.05) is 6.92 Å². The molecule has 1 aliphatic heterocycles. The van der Waals surface area contributed by atoms with Gasteiger partial charge in [0.1, 0.15) is 0 Å². The minimum Gasteiger partial charge on any atom is -0.316 e. The van der Waals surface area contributed by atoms with Crippen molar-refractivity contribution in [3.8, 4) is 0 Å². The largest absolute Gasteiger partial charge is 0.316 e. The summed E-state index contributed by atoms with van der Waals surface area (Å²) in [6.45, 7) is 4.98. The molecule has 1 saturated heterocycles. The Balaban J connectivity index is 0.000000405. The Kier molecular flexibility index (Phi) is 1.75. The van der Waals surface area contributed by atoms with Crippen LogP contribution < -0.4 is 5.32 Å². The lowest BCUT2D eigenvalue weighted by molar-refractivity contribution is -0.0118. The molecular formula is C7H14ClN. The van der Waals surface area contributed by atoms with Crippen molar-refractivity contribution in [2.45, 2.75) is 19.8 Å². The molecule has 1 N–H and O–H groups in total. The molecule has 1 heterocycles. The van der Waals surface area contributed by atoms with E-state index in [1.54, 1.807) is 0 Å². The van der Waals surface area contributed by atoms with Crippen molar-refractivity contribution < 1.29 is 0 Å². The molecule has 2 heteroatoms.